The Kier molecular flexibility index (Phi) is 8.34. The Labute approximate surface area is 209 Å². The maximum absolute atomic E-state index is 13.5. The second-order valence-corrected chi connectivity index (χ2v) is 9.44. The number of carbonyl (C=O) groups excluding carboxylic acids is 1. The summed E-state index contributed by atoms with van der Waals surface area (Å²) in [6.45, 7) is 5.80. The predicted octanol–water partition coefficient (Wildman–Crippen LogP) is 4.70. The maximum Gasteiger partial charge on any atom is 0.339 e. The molecule has 192 valence electrons. The lowest BCUT2D eigenvalue weighted by atomic mass is 9.97. The summed E-state index contributed by atoms with van der Waals surface area (Å²) in [6, 6.07) is 5.40. The number of carbonyl (C=O) groups is 2. The Bertz CT molecular complexity index is 1210. The summed E-state index contributed by atoms with van der Waals surface area (Å²) in [6.07, 6.45) is 5.94. The molecule has 1 aromatic rings. The topological polar surface area (TPSA) is 134 Å². The fourth-order valence-electron chi connectivity index (χ4n) is 4.11. The number of aliphatic hydroxyl groups is 1. The van der Waals surface area contributed by atoms with Crippen molar-refractivity contribution in [2.75, 3.05) is 6.61 Å². The molecule has 0 saturated carbocycles. The summed E-state index contributed by atoms with van der Waals surface area (Å²) in [4.78, 5) is 28.8. The number of aliphatic imine (C=N–C) groups is 1. The summed E-state index contributed by atoms with van der Waals surface area (Å²) in [5.74, 6) is -1.78. The van der Waals surface area contributed by atoms with Gasteiger partial charge in [-0.15, -0.1) is 0 Å². The van der Waals surface area contributed by atoms with Crippen LogP contribution >= 0.6 is 0 Å². The van der Waals surface area contributed by atoms with Crippen LogP contribution in [-0.2, 0) is 16.0 Å². The summed E-state index contributed by atoms with van der Waals surface area (Å²) >= 11 is 0. The van der Waals surface area contributed by atoms with E-state index in [0.29, 0.717) is 42.2 Å². The van der Waals surface area contributed by atoms with Crippen molar-refractivity contribution in [2.24, 2.45) is 10.7 Å². The summed E-state index contributed by atoms with van der Waals surface area (Å²) in [5, 5.41) is 22.1. The van der Waals surface area contributed by atoms with E-state index in [1.807, 2.05) is 13.8 Å². The van der Waals surface area contributed by atoms with Crippen molar-refractivity contribution in [2.45, 2.75) is 58.4 Å². The van der Waals surface area contributed by atoms with Gasteiger partial charge in [0, 0.05) is 41.6 Å². The lowest BCUT2D eigenvalue weighted by Gasteiger charge is -2.27. The first-order chi connectivity index (χ1) is 17.0. The van der Waals surface area contributed by atoms with Crippen molar-refractivity contribution in [1.29, 1.82) is 0 Å². The van der Waals surface area contributed by atoms with Crippen molar-refractivity contribution in [1.82, 2.24) is 5.32 Å². The highest BCUT2D eigenvalue weighted by Gasteiger charge is 2.24. The highest BCUT2D eigenvalue weighted by atomic mass is 19.1. The van der Waals surface area contributed by atoms with Crippen LogP contribution in [0.5, 0.6) is 5.75 Å². The second kappa shape index (κ2) is 11.2. The molecule has 2 aliphatic rings. The lowest BCUT2D eigenvalue weighted by Crippen LogP contribution is -2.44. The smallest absolute Gasteiger partial charge is 0.339 e. The molecule has 36 heavy (non-hydrogen) atoms. The number of hydrogen-bond donors (Lipinski definition) is 4. The maximum atomic E-state index is 13.5. The molecule has 0 radical (unpaired) electrons. The lowest BCUT2D eigenvalue weighted by molar-refractivity contribution is -0.132. The number of nitrogens with two attached hydrogens (primary N) is 1. The van der Waals surface area contributed by atoms with Gasteiger partial charge in [0.05, 0.1) is 23.6 Å². The van der Waals surface area contributed by atoms with Gasteiger partial charge in [0.2, 0.25) is 0 Å². The number of rotatable bonds is 8. The Morgan fingerprint density at radius 2 is 2.03 bits per heavy atom. The van der Waals surface area contributed by atoms with E-state index in [-0.39, 0.29) is 42.2 Å². The highest BCUT2D eigenvalue weighted by Crippen LogP contribution is 2.34. The normalized spacial score (nSPS) is 18.3. The highest BCUT2D eigenvalue weighted by molar-refractivity contribution is 6.19. The Hall–Kier alpha value is -3.88. The number of benzene rings is 1. The van der Waals surface area contributed by atoms with Gasteiger partial charge in [-0.25, -0.2) is 9.18 Å². The number of nitrogens with one attached hydrogen (secondary N) is 1. The van der Waals surface area contributed by atoms with Crippen molar-refractivity contribution in [3.63, 3.8) is 0 Å². The number of halogens is 1. The van der Waals surface area contributed by atoms with E-state index in [2.05, 4.69) is 10.3 Å². The largest absolute Gasteiger partial charge is 0.509 e. The monoisotopic (exact) mass is 497 g/mol. The number of aliphatic hydroxyl groups excluding tert-OH is 1. The molecule has 8 nitrogen and oxygen atoms in total. The molecular weight excluding hydrogens is 465 g/mol. The molecule has 0 atom stereocenters. The standard InChI is InChI=1S/C27H32FN3O5/c1-16-24(26(34)35)20(29)15-18-21(30-16)9-5-10-23(18)36-14-6-13-27(2,3)31-25(33)17-7-4-8-19(28)22(32)12-11-17/h4-5,7,9-11,32H,6,8,12-15,29H2,1-3H3,(H,31,33)(H,34,35)/b7-4?,17-11?,22-19-. The Morgan fingerprint density at radius 3 is 2.75 bits per heavy atom. The summed E-state index contributed by atoms with van der Waals surface area (Å²) < 4.78 is 19.5. The van der Waals surface area contributed by atoms with Crippen LogP contribution in [0.4, 0.5) is 10.1 Å². The quantitative estimate of drug-likeness (QED) is 0.385. The first kappa shape index (κ1) is 26.7. The van der Waals surface area contributed by atoms with Crippen molar-refractivity contribution >= 4 is 23.3 Å². The molecule has 0 bridgehead atoms. The van der Waals surface area contributed by atoms with Gasteiger partial charge in [-0.2, -0.15) is 0 Å². The predicted molar refractivity (Wildman–Crippen MR) is 136 cm³/mol. The van der Waals surface area contributed by atoms with E-state index in [0.717, 1.165) is 5.56 Å². The van der Waals surface area contributed by atoms with E-state index >= 15 is 0 Å². The van der Waals surface area contributed by atoms with Crippen LogP contribution in [0.3, 0.4) is 0 Å². The summed E-state index contributed by atoms with van der Waals surface area (Å²) in [7, 11) is 0. The molecule has 1 heterocycles. The zero-order chi connectivity index (χ0) is 26.5. The van der Waals surface area contributed by atoms with Gasteiger partial charge in [0.25, 0.3) is 5.91 Å². The average Bonchev–Trinajstić information content (AvgIpc) is 2.91. The van der Waals surface area contributed by atoms with Gasteiger partial charge >= 0.3 is 5.97 Å². The number of aliphatic carboxylic acids is 1. The zero-order valence-corrected chi connectivity index (χ0v) is 20.7. The fraction of sp³-hybridized carbons (Fsp3) is 0.370. The number of ether oxygens (including phenoxy) is 1. The minimum atomic E-state index is -1.11. The Balaban J connectivity index is 1.59. The van der Waals surface area contributed by atoms with Crippen LogP contribution in [0.2, 0.25) is 0 Å². The number of carboxylic acid groups (broad SMARTS) is 1. The molecule has 0 fully saturated rings. The number of fused-ring (bicyclic) bond motifs is 1. The van der Waals surface area contributed by atoms with Gasteiger partial charge in [-0.1, -0.05) is 24.3 Å². The molecule has 0 unspecified atom stereocenters. The van der Waals surface area contributed by atoms with Gasteiger partial charge in [-0.05, 0) is 45.7 Å². The minimum absolute atomic E-state index is 0.0141. The molecule has 0 spiro atoms. The van der Waals surface area contributed by atoms with E-state index in [9.17, 15) is 24.2 Å². The molecule has 3 rings (SSSR count). The first-order valence-electron chi connectivity index (χ1n) is 11.8. The number of nitrogens with zero attached hydrogens (tertiary/aromatic N) is 1. The molecule has 1 aliphatic carbocycles. The van der Waals surface area contributed by atoms with Gasteiger partial charge in [-0.3, -0.25) is 9.79 Å². The number of hydrogen-bond acceptors (Lipinski definition) is 6. The van der Waals surface area contributed by atoms with E-state index in [4.69, 9.17) is 10.5 Å². The zero-order valence-electron chi connectivity index (χ0n) is 20.7. The van der Waals surface area contributed by atoms with E-state index in [1.54, 1.807) is 31.2 Å². The minimum Gasteiger partial charge on any atom is -0.509 e. The number of allylic oxidation sites excluding steroid dienone is 4. The number of carboxylic acids is 1. The van der Waals surface area contributed by atoms with Crippen molar-refractivity contribution < 1.29 is 28.9 Å². The van der Waals surface area contributed by atoms with Crippen LogP contribution in [0.15, 0.2) is 69.8 Å². The second-order valence-electron chi connectivity index (χ2n) is 9.44. The summed E-state index contributed by atoms with van der Waals surface area (Å²) in [5.41, 5.74) is 7.85. The van der Waals surface area contributed by atoms with Gasteiger partial charge in [0.1, 0.15) is 17.3 Å². The molecule has 0 aromatic heterocycles. The molecule has 0 saturated heterocycles. The third-order valence-corrected chi connectivity index (χ3v) is 6.00. The third kappa shape index (κ3) is 6.62. The van der Waals surface area contributed by atoms with Crippen molar-refractivity contribution in [3.05, 3.63) is 70.4 Å². The van der Waals surface area contributed by atoms with Crippen LogP contribution in [0, 0.1) is 0 Å². The SMILES string of the molecule is CC1=Nc2cccc(OCCCC(C)(C)NC(=O)C3=CC/C(O)=C(/F)CC=C3)c2CC(N)=C1C(=O)O. The average molecular weight is 498 g/mol. The third-order valence-electron chi connectivity index (χ3n) is 6.00. The number of amides is 1. The molecule has 1 aliphatic heterocycles. The van der Waals surface area contributed by atoms with Gasteiger partial charge in [0.15, 0.2) is 0 Å². The van der Waals surface area contributed by atoms with Crippen LogP contribution < -0.4 is 15.8 Å². The van der Waals surface area contributed by atoms with Crippen LogP contribution in [0.1, 0.15) is 52.0 Å². The molecule has 5 N–H and O–H groups in total. The molecular formula is C27H32FN3O5. The molecule has 9 heteroatoms. The molecule has 1 amide bonds. The van der Waals surface area contributed by atoms with E-state index < -0.39 is 17.3 Å². The first-order valence-corrected chi connectivity index (χ1v) is 11.8. The van der Waals surface area contributed by atoms with Gasteiger partial charge < -0.3 is 26.0 Å². The molecule has 1 aromatic carbocycles. The van der Waals surface area contributed by atoms with Crippen molar-refractivity contribution in [3.8, 4) is 5.75 Å². The van der Waals surface area contributed by atoms with Crippen LogP contribution in [0.25, 0.3) is 0 Å². The fourth-order valence-corrected chi connectivity index (χ4v) is 4.11. The van der Waals surface area contributed by atoms with Crippen LogP contribution in [-0.4, -0.2) is 39.9 Å². The Morgan fingerprint density at radius 1 is 1.28 bits per heavy atom. The van der Waals surface area contributed by atoms with E-state index in [1.165, 1.54) is 12.2 Å².